The van der Waals surface area contributed by atoms with Gasteiger partial charge in [0.1, 0.15) is 0 Å². The summed E-state index contributed by atoms with van der Waals surface area (Å²) < 4.78 is 0. The third kappa shape index (κ3) is 3.88. The fourth-order valence-corrected chi connectivity index (χ4v) is 11.6. The smallest absolute Gasteiger partial charge is 0.0462 e. The van der Waals surface area contributed by atoms with Crippen LogP contribution in [0.5, 0.6) is 0 Å². The molecule has 3 aliphatic rings. The van der Waals surface area contributed by atoms with Crippen LogP contribution in [0.1, 0.15) is 65.2 Å². The van der Waals surface area contributed by atoms with E-state index < -0.39 is 0 Å². The van der Waals surface area contributed by atoms with Gasteiger partial charge in [-0.05, 0) is 97.7 Å². The molecular formula is C30H41OP. The van der Waals surface area contributed by atoms with Crippen LogP contribution in [0.25, 0.3) is 0 Å². The Kier molecular flexibility index (Phi) is 6.78. The van der Waals surface area contributed by atoms with Gasteiger partial charge in [0.15, 0.2) is 0 Å². The summed E-state index contributed by atoms with van der Waals surface area (Å²) in [6.45, 7) is 5.43. The first kappa shape index (κ1) is 22.6. The number of benzene rings is 2. The number of aliphatic hydroxyl groups excluding tert-OH is 1. The lowest BCUT2D eigenvalue weighted by Crippen LogP contribution is -2.49. The van der Waals surface area contributed by atoms with Crippen LogP contribution in [-0.2, 0) is 0 Å². The van der Waals surface area contributed by atoms with Crippen LogP contribution in [0.15, 0.2) is 60.7 Å². The van der Waals surface area contributed by atoms with Gasteiger partial charge in [-0.25, -0.2) is 0 Å². The van der Waals surface area contributed by atoms with Crippen molar-refractivity contribution in [3.63, 3.8) is 0 Å². The van der Waals surface area contributed by atoms with Crippen molar-refractivity contribution in [3.8, 4) is 0 Å². The minimum absolute atomic E-state index is 0.338. The molecule has 3 saturated carbocycles. The summed E-state index contributed by atoms with van der Waals surface area (Å²) in [7, 11) is -0.338. The zero-order valence-electron chi connectivity index (χ0n) is 20.0. The van der Waals surface area contributed by atoms with Gasteiger partial charge in [-0.1, -0.05) is 87.4 Å². The second-order valence-corrected chi connectivity index (χ2v) is 13.5. The molecule has 0 radical (unpaired) electrons. The molecule has 172 valence electrons. The van der Waals surface area contributed by atoms with Gasteiger partial charge in [0.05, 0.1) is 0 Å². The lowest BCUT2D eigenvalue weighted by molar-refractivity contribution is -0.0492. The van der Waals surface area contributed by atoms with Crippen molar-refractivity contribution < 1.29 is 5.11 Å². The molecular weight excluding hydrogens is 407 g/mol. The van der Waals surface area contributed by atoms with Crippen molar-refractivity contribution in [2.75, 3.05) is 6.61 Å². The quantitative estimate of drug-likeness (QED) is 0.485. The lowest BCUT2D eigenvalue weighted by Gasteiger charge is -2.55. The zero-order chi connectivity index (χ0) is 22.1. The van der Waals surface area contributed by atoms with E-state index in [1.165, 1.54) is 51.4 Å². The summed E-state index contributed by atoms with van der Waals surface area (Å²) in [5, 5.41) is 13.2. The number of aliphatic hydroxyl groups is 1. The van der Waals surface area contributed by atoms with Gasteiger partial charge >= 0.3 is 0 Å². The van der Waals surface area contributed by atoms with E-state index in [1.807, 2.05) is 0 Å². The number of rotatable bonds is 6. The highest BCUT2D eigenvalue weighted by molar-refractivity contribution is 7.73. The molecule has 0 saturated heterocycles. The normalized spacial score (nSPS) is 36.6. The van der Waals surface area contributed by atoms with Gasteiger partial charge in [-0.3, -0.25) is 0 Å². The zero-order valence-corrected chi connectivity index (χ0v) is 20.9. The fourth-order valence-electron chi connectivity index (χ4n) is 8.33. The molecule has 7 atom stereocenters. The second kappa shape index (κ2) is 9.60. The van der Waals surface area contributed by atoms with Gasteiger partial charge < -0.3 is 5.11 Å². The molecule has 1 nitrogen and oxygen atoms in total. The second-order valence-electron chi connectivity index (χ2n) is 11.1. The Morgan fingerprint density at radius 3 is 2.09 bits per heavy atom. The summed E-state index contributed by atoms with van der Waals surface area (Å²) in [5.74, 6) is 3.95. The van der Waals surface area contributed by atoms with E-state index in [0.29, 0.717) is 17.9 Å². The Morgan fingerprint density at radius 1 is 0.844 bits per heavy atom. The standard InChI is InChI=1S/C30H41OP/c1-3-10-25-22(21-31)15-16-27-26(25)19-20-30(2)28(27)17-18-29(30)32(23-11-6-4-7-12-23)24-13-8-5-9-14-24/h4-9,11-14,22,25-29,31H,3,10,15-21H2,1-2H3. The molecule has 1 N–H and O–H groups in total. The van der Waals surface area contributed by atoms with Gasteiger partial charge in [-0.2, -0.15) is 0 Å². The third-order valence-electron chi connectivity index (χ3n) is 9.71. The number of hydrogen-bond acceptors (Lipinski definition) is 1. The molecule has 7 unspecified atom stereocenters. The van der Waals surface area contributed by atoms with E-state index in [4.69, 9.17) is 0 Å². The Balaban J connectivity index is 1.47. The predicted molar refractivity (Wildman–Crippen MR) is 138 cm³/mol. The van der Waals surface area contributed by atoms with Gasteiger partial charge in [0.2, 0.25) is 0 Å². The molecule has 0 aromatic heterocycles. The maximum atomic E-state index is 10.1. The van der Waals surface area contributed by atoms with Crippen molar-refractivity contribution in [1.29, 1.82) is 0 Å². The first-order valence-corrected chi connectivity index (χ1v) is 14.6. The highest BCUT2D eigenvalue weighted by Gasteiger charge is 2.57. The minimum atomic E-state index is -0.338. The molecule has 3 fully saturated rings. The van der Waals surface area contributed by atoms with E-state index in [-0.39, 0.29) is 7.92 Å². The summed E-state index contributed by atoms with van der Waals surface area (Å²) in [6.07, 6.45) is 10.8. The largest absolute Gasteiger partial charge is 0.396 e. The maximum absolute atomic E-state index is 10.1. The van der Waals surface area contributed by atoms with Crippen LogP contribution >= 0.6 is 7.92 Å². The lowest BCUT2D eigenvalue weighted by atomic mass is 9.52. The number of fused-ring (bicyclic) bond motifs is 3. The SMILES string of the molecule is CCCC1C(CO)CCC2C1CCC1(C)C2CCC1P(c1ccccc1)c1ccccc1. The van der Waals surface area contributed by atoms with Crippen molar-refractivity contribution in [3.05, 3.63) is 60.7 Å². The van der Waals surface area contributed by atoms with Crippen LogP contribution in [-0.4, -0.2) is 17.4 Å². The Morgan fingerprint density at radius 2 is 1.50 bits per heavy atom. The highest BCUT2D eigenvalue weighted by atomic mass is 31.1. The van der Waals surface area contributed by atoms with Crippen molar-refractivity contribution in [1.82, 2.24) is 0 Å². The Labute approximate surface area is 196 Å². The maximum Gasteiger partial charge on any atom is 0.0462 e. The van der Waals surface area contributed by atoms with Gasteiger partial charge in [-0.15, -0.1) is 0 Å². The van der Waals surface area contributed by atoms with Gasteiger partial charge in [0.25, 0.3) is 0 Å². The van der Waals surface area contributed by atoms with Crippen LogP contribution in [0, 0.1) is 35.0 Å². The average molecular weight is 449 g/mol. The van der Waals surface area contributed by atoms with Crippen LogP contribution in [0.2, 0.25) is 0 Å². The van der Waals surface area contributed by atoms with Crippen LogP contribution < -0.4 is 10.6 Å². The Bertz CT molecular complexity index is 827. The third-order valence-corrected chi connectivity index (χ3v) is 12.9. The first-order chi connectivity index (χ1) is 15.7. The Hall–Kier alpha value is -1.17. The van der Waals surface area contributed by atoms with Crippen LogP contribution in [0.4, 0.5) is 0 Å². The van der Waals surface area contributed by atoms with E-state index in [1.54, 1.807) is 10.6 Å². The number of hydrogen-bond donors (Lipinski definition) is 1. The molecule has 2 heteroatoms. The summed E-state index contributed by atoms with van der Waals surface area (Å²) in [6, 6.07) is 22.9. The topological polar surface area (TPSA) is 20.2 Å². The van der Waals surface area contributed by atoms with Crippen LogP contribution in [0.3, 0.4) is 0 Å². The predicted octanol–water partition coefficient (Wildman–Crippen LogP) is 6.75. The minimum Gasteiger partial charge on any atom is -0.396 e. The molecule has 2 aromatic carbocycles. The molecule has 0 aliphatic heterocycles. The molecule has 3 aliphatic carbocycles. The summed E-state index contributed by atoms with van der Waals surface area (Å²) in [5.41, 5.74) is 1.25. The van der Waals surface area contributed by atoms with E-state index in [0.717, 1.165) is 29.3 Å². The molecule has 32 heavy (non-hydrogen) atoms. The highest BCUT2D eigenvalue weighted by Crippen LogP contribution is 2.67. The summed E-state index contributed by atoms with van der Waals surface area (Å²) >= 11 is 0. The first-order valence-electron chi connectivity index (χ1n) is 13.2. The van der Waals surface area contributed by atoms with Crippen molar-refractivity contribution >= 4 is 18.5 Å². The molecule has 2 aromatic rings. The summed E-state index contributed by atoms with van der Waals surface area (Å²) in [4.78, 5) is 0. The monoisotopic (exact) mass is 448 g/mol. The van der Waals surface area contributed by atoms with Crippen molar-refractivity contribution in [2.45, 2.75) is 70.9 Å². The molecule has 0 heterocycles. The molecule has 0 spiro atoms. The van der Waals surface area contributed by atoms with E-state index >= 15 is 0 Å². The average Bonchev–Trinajstić information content (AvgIpc) is 3.18. The molecule has 0 amide bonds. The molecule has 0 bridgehead atoms. The van der Waals surface area contributed by atoms with Crippen molar-refractivity contribution in [2.24, 2.45) is 35.0 Å². The fraction of sp³-hybridized carbons (Fsp3) is 0.600. The van der Waals surface area contributed by atoms with E-state index in [9.17, 15) is 5.11 Å². The van der Waals surface area contributed by atoms with E-state index in [2.05, 4.69) is 74.5 Å². The van der Waals surface area contributed by atoms with Gasteiger partial charge in [0, 0.05) is 6.61 Å². The molecule has 5 rings (SSSR count).